The van der Waals surface area contributed by atoms with Crippen molar-refractivity contribution in [1.29, 1.82) is 0 Å². The lowest BCUT2D eigenvalue weighted by atomic mass is 10.5. The summed E-state index contributed by atoms with van der Waals surface area (Å²) in [5.74, 6) is 0. The van der Waals surface area contributed by atoms with Gasteiger partial charge in [0.05, 0.1) is 4.92 Å². The lowest BCUT2D eigenvalue weighted by molar-refractivity contribution is -0.379. The zero-order chi connectivity index (χ0) is 11.0. The number of hydrogen-bond donors (Lipinski definition) is 0. The second-order valence-corrected chi connectivity index (χ2v) is 4.17. The Morgan fingerprint density at radius 1 is 1.53 bits per heavy atom. The van der Waals surface area contributed by atoms with E-state index in [0.29, 0.717) is 5.69 Å². The van der Waals surface area contributed by atoms with E-state index >= 15 is 0 Å². The first-order chi connectivity index (χ1) is 7.11. The molecule has 0 saturated heterocycles. The fraction of sp³-hybridized carbons (Fsp3) is 0. The Morgan fingerprint density at radius 3 is 2.80 bits per heavy atom. The average Bonchev–Trinajstić information content (AvgIpc) is 2.75. The van der Waals surface area contributed by atoms with Crippen LogP contribution < -0.4 is 0 Å². The Kier molecular flexibility index (Phi) is 2.64. The van der Waals surface area contributed by atoms with E-state index in [9.17, 15) is 10.1 Å². The summed E-state index contributed by atoms with van der Waals surface area (Å²) in [7, 11) is 0. The van der Waals surface area contributed by atoms with Crippen LogP contribution in [0.3, 0.4) is 0 Å². The maximum atomic E-state index is 10.7. The van der Waals surface area contributed by atoms with Crippen LogP contribution in [0, 0.1) is 10.1 Å². The largest absolute Gasteiger partial charge is 0.348 e. The summed E-state index contributed by atoms with van der Waals surface area (Å²) in [6.07, 6.45) is 1.35. The Hall–Kier alpha value is -1.11. The third-order valence-electron chi connectivity index (χ3n) is 1.72. The molecule has 2 rings (SSSR count). The summed E-state index contributed by atoms with van der Waals surface area (Å²) in [4.78, 5) is 14.0. The Bertz CT molecular complexity index is 522. The SMILES string of the molecule is O=[N+]([O-])c1sccc1-n1cnc(Cl)c1Cl. The predicted octanol–water partition coefficient (Wildman–Crippen LogP) is 3.15. The van der Waals surface area contributed by atoms with Crippen LogP contribution in [0.25, 0.3) is 5.69 Å². The molecule has 78 valence electrons. The molecular weight excluding hydrogens is 261 g/mol. The van der Waals surface area contributed by atoms with Crippen LogP contribution in [0.15, 0.2) is 17.8 Å². The molecule has 2 heterocycles. The van der Waals surface area contributed by atoms with Gasteiger partial charge in [0.2, 0.25) is 0 Å². The first-order valence-corrected chi connectivity index (χ1v) is 5.35. The fourth-order valence-electron chi connectivity index (χ4n) is 1.09. The molecule has 0 radical (unpaired) electrons. The first kappa shape index (κ1) is 10.4. The third kappa shape index (κ3) is 1.71. The highest BCUT2D eigenvalue weighted by Crippen LogP contribution is 2.33. The average molecular weight is 264 g/mol. The normalized spacial score (nSPS) is 10.5. The highest BCUT2D eigenvalue weighted by Gasteiger charge is 2.19. The van der Waals surface area contributed by atoms with Crippen LogP contribution in [0.2, 0.25) is 10.3 Å². The number of imidazole rings is 1. The van der Waals surface area contributed by atoms with E-state index in [2.05, 4.69) is 4.98 Å². The predicted molar refractivity (Wildman–Crippen MR) is 58.1 cm³/mol. The summed E-state index contributed by atoms with van der Waals surface area (Å²) in [6.45, 7) is 0. The molecular formula is C7H3Cl2N3O2S. The van der Waals surface area contributed by atoms with Gasteiger partial charge in [-0.05, 0) is 11.4 Å². The monoisotopic (exact) mass is 263 g/mol. The van der Waals surface area contributed by atoms with E-state index in [-0.39, 0.29) is 15.3 Å². The molecule has 0 aliphatic carbocycles. The molecule has 2 aromatic heterocycles. The molecule has 8 heteroatoms. The van der Waals surface area contributed by atoms with E-state index in [0.717, 1.165) is 11.3 Å². The quantitative estimate of drug-likeness (QED) is 0.618. The minimum absolute atomic E-state index is 0.00552. The molecule has 5 nitrogen and oxygen atoms in total. The van der Waals surface area contributed by atoms with Crippen LogP contribution in [-0.2, 0) is 0 Å². The first-order valence-electron chi connectivity index (χ1n) is 3.72. The molecule has 15 heavy (non-hydrogen) atoms. The highest BCUT2D eigenvalue weighted by molar-refractivity contribution is 7.13. The van der Waals surface area contributed by atoms with Crippen molar-refractivity contribution in [2.75, 3.05) is 0 Å². The summed E-state index contributed by atoms with van der Waals surface area (Å²) < 4.78 is 1.37. The van der Waals surface area contributed by atoms with Gasteiger partial charge in [-0.15, -0.1) is 0 Å². The van der Waals surface area contributed by atoms with Crippen LogP contribution in [0.5, 0.6) is 0 Å². The van der Waals surface area contributed by atoms with E-state index < -0.39 is 4.92 Å². The molecule has 0 saturated carbocycles. The van der Waals surface area contributed by atoms with Crippen LogP contribution in [-0.4, -0.2) is 14.5 Å². The third-order valence-corrected chi connectivity index (χ3v) is 3.31. The topological polar surface area (TPSA) is 61.0 Å². The minimum Gasteiger partial charge on any atom is -0.281 e. The molecule has 0 unspecified atom stereocenters. The molecule has 0 atom stereocenters. The van der Waals surface area contributed by atoms with Gasteiger partial charge in [0.15, 0.2) is 10.3 Å². The van der Waals surface area contributed by atoms with Crippen molar-refractivity contribution in [3.8, 4) is 5.69 Å². The lowest BCUT2D eigenvalue weighted by Gasteiger charge is -1.99. The molecule has 0 aromatic carbocycles. The number of hydrogen-bond acceptors (Lipinski definition) is 4. The molecule has 0 aliphatic rings. The van der Waals surface area contributed by atoms with E-state index in [4.69, 9.17) is 23.2 Å². The van der Waals surface area contributed by atoms with Gasteiger partial charge in [0.25, 0.3) is 0 Å². The van der Waals surface area contributed by atoms with Gasteiger partial charge in [-0.3, -0.25) is 14.7 Å². The maximum absolute atomic E-state index is 10.7. The van der Waals surface area contributed by atoms with Crippen molar-refractivity contribution in [1.82, 2.24) is 9.55 Å². The van der Waals surface area contributed by atoms with Crippen molar-refractivity contribution in [2.45, 2.75) is 0 Å². The molecule has 0 amide bonds. The van der Waals surface area contributed by atoms with Crippen molar-refractivity contribution in [2.24, 2.45) is 0 Å². The Labute approximate surface area is 98.0 Å². The zero-order valence-corrected chi connectivity index (χ0v) is 9.38. The van der Waals surface area contributed by atoms with Gasteiger partial charge < -0.3 is 0 Å². The summed E-state index contributed by atoms with van der Waals surface area (Å²) >= 11 is 12.5. The molecule has 0 fully saturated rings. The molecule has 2 aromatic rings. The summed E-state index contributed by atoms with van der Waals surface area (Å²) in [5.41, 5.74) is 0.370. The summed E-state index contributed by atoms with van der Waals surface area (Å²) in [6, 6.07) is 1.59. The lowest BCUT2D eigenvalue weighted by Crippen LogP contribution is -1.94. The van der Waals surface area contributed by atoms with Gasteiger partial charge in [-0.2, -0.15) is 0 Å². The fourth-order valence-corrected chi connectivity index (χ4v) is 2.11. The molecule has 0 spiro atoms. The molecule has 0 bridgehead atoms. The van der Waals surface area contributed by atoms with E-state index in [1.165, 1.54) is 10.9 Å². The van der Waals surface area contributed by atoms with Crippen LogP contribution in [0.1, 0.15) is 0 Å². The Morgan fingerprint density at radius 2 is 2.27 bits per heavy atom. The number of aromatic nitrogens is 2. The molecule has 0 N–H and O–H groups in total. The van der Waals surface area contributed by atoms with Crippen molar-refractivity contribution in [3.05, 3.63) is 38.2 Å². The standard InChI is InChI=1S/C7H3Cl2N3O2S/c8-5-6(9)11(3-10-5)4-1-2-15-7(4)12(13)14/h1-3H. The van der Waals surface area contributed by atoms with Crippen molar-refractivity contribution >= 4 is 39.5 Å². The van der Waals surface area contributed by atoms with Crippen LogP contribution >= 0.6 is 34.5 Å². The second-order valence-electron chi connectivity index (χ2n) is 2.56. The Balaban J connectivity index is 2.59. The minimum atomic E-state index is -0.468. The van der Waals surface area contributed by atoms with Gasteiger partial charge in [-0.25, -0.2) is 4.98 Å². The zero-order valence-electron chi connectivity index (χ0n) is 7.05. The van der Waals surface area contributed by atoms with Crippen LogP contribution in [0.4, 0.5) is 5.00 Å². The maximum Gasteiger partial charge on any atom is 0.348 e. The van der Waals surface area contributed by atoms with Gasteiger partial charge in [0.1, 0.15) is 12.0 Å². The van der Waals surface area contributed by atoms with E-state index in [1.807, 2.05) is 0 Å². The highest BCUT2D eigenvalue weighted by atomic mass is 35.5. The van der Waals surface area contributed by atoms with Gasteiger partial charge in [0, 0.05) is 0 Å². The van der Waals surface area contributed by atoms with E-state index in [1.54, 1.807) is 11.4 Å². The number of nitro groups is 1. The summed E-state index contributed by atoms with van der Waals surface area (Å²) in [5, 5.41) is 12.6. The number of halogens is 2. The molecule has 0 aliphatic heterocycles. The number of thiophene rings is 1. The van der Waals surface area contributed by atoms with Crippen molar-refractivity contribution < 1.29 is 4.92 Å². The number of nitrogens with zero attached hydrogens (tertiary/aromatic N) is 3. The van der Waals surface area contributed by atoms with Crippen molar-refractivity contribution in [3.63, 3.8) is 0 Å². The number of rotatable bonds is 2. The van der Waals surface area contributed by atoms with Gasteiger partial charge in [-0.1, -0.05) is 34.5 Å². The second kappa shape index (κ2) is 3.80. The van der Waals surface area contributed by atoms with Gasteiger partial charge >= 0.3 is 5.00 Å². The smallest absolute Gasteiger partial charge is 0.281 e.